The Morgan fingerprint density at radius 1 is 1.22 bits per heavy atom. The molecule has 0 aromatic heterocycles. The Morgan fingerprint density at radius 2 is 2.06 bits per heavy atom. The smallest absolute Gasteiger partial charge is 0.0896 e. The lowest BCUT2D eigenvalue weighted by atomic mass is 9.85. The van der Waals surface area contributed by atoms with Crippen LogP contribution in [0.2, 0.25) is 0 Å². The van der Waals surface area contributed by atoms with Crippen molar-refractivity contribution in [1.82, 2.24) is 0 Å². The lowest BCUT2D eigenvalue weighted by molar-refractivity contribution is 0.0195. The minimum atomic E-state index is -0.574. The van der Waals surface area contributed by atoms with E-state index in [0.29, 0.717) is 0 Å². The van der Waals surface area contributed by atoms with Crippen LogP contribution in [-0.2, 0) is 12.0 Å². The van der Waals surface area contributed by atoms with Gasteiger partial charge >= 0.3 is 0 Å². The van der Waals surface area contributed by atoms with Crippen LogP contribution < -0.4 is 0 Å². The van der Waals surface area contributed by atoms with Crippen LogP contribution in [0.1, 0.15) is 63.5 Å². The summed E-state index contributed by atoms with van der Waals surface area (Å²) in [5, 5.41) is 11.0. The molecule has 1 nitrogen and oxygen atoms in total. The Kier molecular flexibility index (Phi) is 4.45. The van der Waals surface area contributed by atoms with Gasteiger partial charge in [-0.2, -0.15) is 0 Å². The zero-order valence-corrected chi connectivity index (χ0v) is 11.8. The first-order chi connectivity index (χ1) is 8.68. The third-order valence-electron chi connectivity index (χ3n) is 4.62. The molecule has 1 aliphatic carbocycles. The molecular formula is C17H26O. The summed E-state index contributed by atoms with van der Waals surface area (Å²) in [6.45, 7) is 4.44. The van der Waals surface area contributed by atoms with Gasteiger partial charge in [-0.15, -0.1) is 0 Å². The van der Waals surface area contributed by atoms with Crippen LogP contribution in [-0.4, -0.2) is 5.11 Å². The molecule has 1 aromatic carbocycles. The molecule has 0 radical (unpaired) electrons. The highest BCUT2D eigenvalue weighted by molar-refractivity contribution is 5.28. The molecule has 0 aliphatic heterocycles. The van der Waals surface area contributed by atoms with E-state index >= 15 is 0 Å². The Bertz CT molecular complexity index is 385. The van der Waals surface area contributed by atoms with Crippen LogP contribution in [0.5, 0.6) is 0 Å². The first kappa shape index (κ1) is 13.6. The van der Waals surface area contributed by atoms with Crippen LogP contribution in [0.3, 0.4) is 0 Å². The van der Waals surface area contributed by atoms with Gasteiger partial charge in [0, 0.05) is 0 Å². The number of benzene rings is 1. The van der Waals surface area contributed by atoms with Gasteiger partial charge in [-0.25, -0.2) is 0 Å². The second-order valence-corrected chi connectivity index (χ2v) is 5.79. The predicted molar refractivity (Wildman–Crippen MR) is 76.6 cm³/mol. The van der Waals surface area contributed by atoms with Gasteiger partial charge in [0.05, 0.1) is 5.60 Å². The molecule has 0 amide bonds. The average molecular weight is 246 g/mol. The summed E-state index contributed by atoms with van der Waals surface area (Å²) >= 11 is 0. The van der Waals surface area contributed by atoms with E-state index in [0.717, 1.165) is 37.2 Å². The van der Waals surface area contributed by atoms with Crippen molar-refractivity contribution in [2.45, 2.75) is 64.4 Å². The number of rotatable bonds is 3. The summed E-state index contributed by atoms with van der Waals surface area (Å²) < 4.78 is 0. The standard InChI is InChI=1S/C17H26O/c1-3-14-8-6-11-17(18,12-10-14)16-9-5-7-15(4-2)13-16/h5,7,9,13-14,18H,3-4,6,8,10-12H2,1-2H3. The molecule has 1 saturated carbocycles. The van der Waals surface area contributed by atoms with Crippen molar-refractivity contribution >= 4 is 0 Å². The van der Waals surface area contributed by atoms with E-state index in [9.17, 15) is 5.11 Å². The van der Waals surface area contributed by atoms with E-state index < -0.39 is 5.60 Å². The molecule has 1 heteroatoms. The second-order valence-electron chi connectivity index (χ2n) is 5.79. The molecule has 0 saturated heterocycles. The Morgan fingerprint density at radius 3 is 2.78 bits per heavy atom. The van der Waals surface area contributed by atoms with Gasteiger partial charge in [0.15, 0.2) is 0 Å². The topological polar surface area (TPSA) is 20.2 Å². The lowest BCUT2D eigenvalue weighted by Crippen LogP contribution is -2.25. The van der Waals surface area contributed by atoms with E-state index in [2.05, 4.69) is 38.1 Å². The van der Waals surface area contributed by atoms with Crippen molar-refractivity contribution in [3.05, 3.63) is 35.4 Å². The monoisotopic (exact) mass is 246 g/mol. The molecule has 1 aliphatic rings. The molecule has 0 spiro atoms. The van der Waals surface area contributed by atoms with E-state index in [4.69, 9.17) is 0 Å². The van der Waals surface area contributed by atoms with Crippen LogP contribution in [0.15, 0.2) is 24.3 Å². The summed E-state index contributed by atoms with van der Waals surface area (Å²) in [4.78, 5) is 0. The van der Waals surface area contributed by atoms with Crippen LogP contribution >= 0.6 is 0 Å². The summed E-state index contributed by atoms with van der Waals surface area (Å²) in [7, 11) is 0. The molecular weight excluding hydrogens is 220 g/mol. The fraction of sp³-hybridized carbons (Fsp3) is 0.647. The zero-order valence-electron chi connectivity index (χ0n) is 11.8. The second kappa shape index (κ2) is 5.88. The van der Waals surface area contributed by atoms with Gasteiger partial charge in [0.1, 0.15) is 0 Å². The number of hydrogen-bond donors (Lipinski definition) is 1. The first-order valence-corrected chi connectivity index (χ1v) is 7.49. The third kappa shape index (κ3) is 2.95. The maximum atomic E-state index is 11.0. The Balaban J connectivity index is 2.18. The highest BCUT2D eigenvalue weighted by atomic mass is 16.3. The number of hydrogen-bond acceptors (Lipinski definition) is 1. The van der Waals surface area contributed by atoms with E-state index in [1.54, 1.807) is 0 Å². The summed E-state index contributed by atoms with van der Waals surface area (Å²) in [5.74, 6) is 0.813. The SMILES string of the molecule is CCc1cccc(C2(O)CCCC(CC)CC2)c1. The van der Waals surface area contributed by atoms with Gasteiger partial charge in [-0.1, -0.05) is 51.0 Å². The molecule has 0 heterocycles. The normalized spacial score (nSPS) is 28.9. The van der Waals surface area contributed by atoms with Crippen LogP contribution in [0, 0.1) is 5.92 Å². The maximum Gasteiger partial charge on any atom is 0.0896 e. The largest absolute Gasteiger partial charge is 0.385 e. The fourth-order valence-corrected chi connectivity index (χ4v) is 3.17. The van der Waals surface area contributed by atoms with E-state index in [1.165, 1.54) is 24.8 Å². The van der Waals surface area contributed by atoms with Crippen molar-refractivity contribution in [3.63, 3.8) is 0 Å². The average Bonchev–Trinajstić information content (AvgIpc) is 2.61. The van der Waals surface area contributed by atoms with Crippen molar-refractivity contribution in [1.29, 1.82) is 0 Å². The van der Waals surface area contributed by atoms with Gasteiger partial charge in [0.25, 0.3) is 0 Å². The molecule has 2 unspecified atom stereocenters. The molecule has 1 fully saturated rings. The third-order valence-corrected chi connectivity index (χ3v) is 4.62. The summed E-state index contributed by atoms with van der Waals surface area (Å²) in [5.41, 5.74) is 1.89. The molecule has 18 heavy (non-hydrogen) atoms. The Hall–Kier alpha value is -0.820. The van der Waals surface area contributed by atoms with Gasteiger partial charge in [-0.3, -0.25) is 0 Å². The summed E-state index contributed by atoms with van der Waals surface area (Å²) in [6.07, 6.45) is 7.77. The Labute approximate surface area is 111 Å². The zero-order chi connectivity index (χ0) is 13.0. The fourth-order valence-electron chi connectivity index (χ4n) is 3.17. The quantitative estimate of drug-likeness (QED) is 0.782. The van der Waals surface area contributed by atoms with Crippen LogP contribution in [0.4, 0.5) is 0 Å². The summed E-state index contributed by atoms with van der Waals surface area (Å²) in [6, 6.07) is 8.55. The minimum absolute atomic E-state index is 0.574. The molecule has 1 aromatic rings. The molecule has 100 valence electrons. The van der Waals surface area contributed by atoms with E-state index in [1.807, 2.05) is 0 Å². The minimum Gasteiger partial charge on any atom is -0.385 e. The molecule has 1 N–H and O–H groups in total. The molecule has 2 rings (SSSR count). The maximum absolute atomic E-state index is 11.0. The van der Waals surface area contributed by atoms with E-state index in [-0.39, 0.29) is 0 Å². The molecule has 2 atom stereocenters. The van der Waals surface area contributed by atoms with Crippen LogP contribution in [0.25, 0.3) is 0 Å². The van der Waals surface area contributed by atoms with Gasteiger partial charge in [0.2, 0.25) is 0 Å². The van der Waals surface area contributed by atoms with Crippen molar-refractivity contribution in [2.75, 3.05) is 0 Å². The highest BCUT2D eigenvalue weighted by Crippen LogP contribution is 2.38. The first-order valence-electron chi connectivity index (χ1n) is 7.49. The number of aliphatic hydroxyl groups is 1. The van der Waals surface area contributed by atoms with Crippen molar-refractivity contribution < 1.29 is 5.11 Å². The predicted octanol–water partition coefficient (Wildman–Crippen LogP) is 4.43. The van der Waals surface area contributed by atoms with Crippen molar-refractivity contribution in [3.8, 4) is 0 Å². The van der Waals surface area contributed by atoms with Gasteiger partial charge < -0.3 is 5.11 Å². The number of aryl methyl sites for hydroxylation is 1. The van der Waals surface area contributed by atoms with Crippen molar-refractivity contribution in [2.24, 2.45) is 5.92 Å². The van der Waals surface area contributed by atoms with Gasteiger partial charge in [-0.05, 0) is 49.1 Å². The highest BCUT2D eigenvalue weighted by Gasteiger charge is 2.32. The molecule has 0 bridgehead atoms. The lowest BCUT2D eigenvalue weighted by Gasteiger charge is -2.28.